The molecule has 1 atom stereocenters. The molecule has 3 aromatic carbocycles. The normalized spacial score (nSPS) is 14.0. The summed E-state index contributed by atoms with van der Waals surface area (Å²) in [5.41, 5.74) is 1.47. The Morgan fingerprint density at radius 3 is 2.39 bits per heavy atom. The van der Waals surface area contributed by atoms with Gasteiger partial charge in [0.15, 0.2) is 0 Å². The van der Waals surface area contributed by atoms with Gasteiger partial charge in [-0.05, 0) is 55.7 Å². The number of carboxylic acids is 1. The van der Waals surface area contributed by atoms with Gasteiger partial charge in [0.2, 0.25) is 0 Å². The molecule has 0 bridgehead atoms. The topological polar surface area (TPSA) is 79.3 Å². The number of ether oxygens (including phenoxy) is 1. The van der Waals surface area contributed by atoms with Crippen LogP contribution in [0.15, 0.2) is 60.7 Å². The van der Waals surface area contributed by atoms with Crippen molar-refractivity contribution in [3.63, 3.8) is 0 Å². The van der Waals surface area contributed by atoms with Crippen LogP contribution in [0.1, 0.15) is 15.9 Å². The Morgan fingerprint density at radius 2 is 1.73 bits per heavy atom. The lowest BCUT2D eigenvalue weighted by molar-refractivity contribution is 0.0695. The Kier molecular flexibility index (Phi) is 5.78. The molecule has 33 heavy (non-hydrogen) atoms. The zero-order valence-electron chi connectivity index (χ0n) is 18.9. The zero-order valence-corrected chi connectivity index (χ0v) is 19.8. The molecular weight excluding hydrogens is 439 g/mol. The van der Waals surface area contributed by atoms with Crippen LogP contribution < -0.4 is 24.6 Å². The van der Waals surface area contributed by atoms with Crippen molar-refractivity contribution in [1.29, 1.82) is 0 Å². The van der Waals surface area contributed by atoms with Crippen LogP contribution in [0.4, 0.5) is 5.69 Å². The first-order valence-corrected chi connectivity index (χ1v) is 11.8. The van der Waals surface area contributed by atoms with Gasteiger partial charge in [-0.2, -0.15) is 0 Å². The van der Waals surface area contributed by atoms with E-state index in [4.69, 9.17) is 9.26 Å². The van der Waals surface area contributed by atoms with E-state index in [1.165, 1.54) is 16.8 Å². The minimum absolute atomic E-state index is 0.0304. The third-order valence-electron chi connectivity index (χ3n) is 5.41. The highest BCUT2D eigenvalue weighted by Gasteiger charge is 2.39. The molecule has 3 aromatic rings. The van der Waals surface area contributed by atoms with Gasteiger partial charge in [-0.3, -0.25) is 4.57 Å². The molecule has 7 nitrogen and oxygen atoms in total. The molecule has 4 rings (SSSR count). The number of para-hydroxylation sites is 1. The Hall–Kier alpha value is -3.54. The summed E-state index contributed by atoms with van der Waals surface area (Å²) < 4.78 is 28.4. The highest BCUT2D eigenvalue weighted by Crippen LogP contribution is 2.62. The molecular formula is C25H25N2O5P. The van der Waals surface area contributed by atoms with Crippen LogP contribution in [0.3, 0.4) is 0 Å². The average molecular weight is 464 g/mol. The van der Waals surface area contributed by atoms with Crippen LogP contribution >= 0.6 is 7.52 Å². The fourth-order valence-electron chi connectivity index (χ4n) is 3.67. The van der Waals surface area contributed by atoms with Crippen molar-refractivity contribution in [2.24, 2.45) is 0 Å². The summed E-state index contributed by atoms with van der Waals surface area (Å²) in [5.74, 6) is -0.0848. The quantitative estimate of drug-likeness (QED) is 0.554. The van der Waals surface area contributed by atoms with E-state index in [-0.39, 0.29) is 11.3 Å². The minimum Gasteiger partial charge on any atom is -0.478 e. The molecule has 0 aromatic heterocycles. The maximum Gasteiger partial charge on any atom is 0.350 e. The molecule has 1 heterocycles. The SMILES string of the molecule is C=c1ccc2c(c1)Oc1cc(N(C)C)ccc1C=2P(=O)(Oc1ccccc1C(=O)O)N(C)C. The number of carbonyl (C=O) groups is 1. The number of hydrogen-bond acceptors (Lipinski definition) is 5. The Morgan fingerprint density at radius 1 is 1.00 bits per heavy atom. The molecule has 0 radical (unpaired) electrons. The third kappa shape index (κ3) is 4.01. The first-order chi connectivity index (χ1) is 15.6. The van der Waals surface area contributed by atoms with Gasteiger partial charge in [0.1, 0.15) is 22.8 Å². The van der Waals surface area contributed by atoms with Gasteiger partial charge in [-0.1, -0.05) is 24.8 Å². The van der Waals surface area contributed by atoms with Crippen molar-refractivity contribution < 1.29 is 23.7 Å². The second-order valence-corrected chi connectivity index (χ2v) is 10.6. The van der Waals surface area contributed by atoms with Crippen LogP contribution in [0, 0.1) is 0 Å². The number of anilines is 1. The predicted molar refractivity (Wildman–Crippen MR) is 130 cm³/mol. The number of benzene rings is 3. The van der Waals surface area contributed by atoms with Crippen molar-refractivity contribution in [2.45, 2.75) is 0 Å². The fourth-order valence-corrected chi connectivity index (χ4v) is 5.73. The van der Waals surface area contributed by atoms with E-state index in [9.17, 15) is 14.5 Å². The van der Waals surface area contributed by atoms with Gasteiger partial charge < -0.3 is 19.3 Å². The van der Waals surface area contributed by atoms with Crippen molar-refractivity contribution in [3.8, 4) is 17.2 Å². The summed E-state index contributed by atoms with van der Waals surface area (Å²) in [6.07, 6.45) is 0. The van der Waals surface area contributed by atoms with Crippen LogP contribution in [0.2, 0.25) is 0 Å². The summed E-state index contributed by atoms with van der Waals surface area (Å²) in [4.78, 5) is 13.7. The van der Waals surface area contributed by atoms with E-state index in [2.05, 4.69) is 6.58 Å². The van der Waals surface area contributed by atoms with Crippen LogP contribution in [0.5, 0.6) is 17.2 Å². The molecule has 170 valence electrons. The lowest BCUT2D eigenvalue weighted by Gasteiger charge is -2.31. The van der Waals surface area contributed by atoms with Crippen molar-refractivity contribution in [2.75, 3.05) is 33.1 Å². The first kappa shape index (κ1) is 22.6. The molecule has 0 aliphatic carbocycles. The summed E-state index contributed by atoms with van der Waals surface area (Å²) in [7, 11) is 3.35. The van der Waals surface area contributed by atoms with Gasteiger partial charge in [-0.15, -0.1) is 0 Å². The summed E-state index contributed by atoms with van der Waals surface area (Å²) in [5, 5.41) is 11.4. The van der Waals surface area contributed by atoms with Crippen LogP contribution in [0.25, 0.3) is 11.9 Å². The van der Waals surface area contributed by atoms with Gasteiger partial charge >= 0.3 is 13.5 Å². The van der Waals surface area contributed by atoms with Gasteiger partial charge in [0, 0.05) is 36.6 Å². The minimum atomic E-state index is -3.80. The largest absolute Gasteiger partial charge is 0.478 e. The van der Waals surface area contributed by atoms with Crippen molar-refractivity contribution in [3.05, 3.63) is 82.2 Å². The lowest BCUT2D eigenvalue weighted by Crippen LogP contribution is -2.25. The third-order valence-corrected chi connectivity index (χ3v) is 7.95. The van der Waals surface area contributed by atoms with Crippen molar-refractivity contribution in [1.82, 2.24) is 4.67 Å². The molecule has 0 saturated heterocycles. The fraction of sp³-hybridized carbons (Fsp3) is 0.160. The lowest BCUT2D eigenvalue weighted by atomic mass is 10.1. The number of fused-ring (bicyclic) bond motifs is 2. The van der Waals surface area contributed by atoms with E-state index in [0.29, 0.717) is 27.6 Å². The average Bonchev–Trinajstić information content (AvgIpc) is 2.76. The molecule has 0 fully saturated rings. The monoisotopic (exact) mass is 464 g/mol. The standard InChI is InChI=1S/C25H25N2O5P/c1-16-10-12-18-22(14-16)31-23-15-17(26(2)3)11-13-19(23)24(18)33(30,27(4)5)32-21-9-7-6-8-20(21)25(28)29/h6-15H,1H2,2-5H3,(H,28,29). The number of aromatic carboxylic acids is 1. The molecule has 8 heteroatoms. The molecule has 1 N–H and O–H groups in total. The smallest absolute Gasteiger partial charge is 0.350 e. The number of rotatable bonds is 6. The maximum atomic E-state index is 14.6. The van der Waals surface area contributed by atoms with E-state index in [1.807, 2.05) is 43.3 Å². The van der Waals surface area contributed by atoms with Gasteiger partial charge in [0.05, 0.1) is 5.31 Å². The Labute approximate surface area is 192 Å². The van der Waals surface area contributed by atoms with Gasteiger partial charge in [-0.25, -0.2) is 9.46 Å². The second-order valence-electron chi connectivity index (χ2n) is 8.12. The molecule has 0 saturated carbocycles. The molecule has 1 aliphatic heterocycles. The number of hydrogen-bond donors (Lipinski definition) is 1. The highest BCUT2D eigenvalue weighted by molar-refractivity contribution is 7.67. The van der Waals surface area contributed by atoms with E-state index >= 15 is 0 Å². The summed E-state index contributed by atoms with van der Waals surface area (Å²) in [6.45, 7) is 3.98. The Balaban J connectivity index is 2.02. The molecule has 1 aliphatic rings. The highest BCUT2D eigenvalue weighted by atomic mass is 31.2. The second kappa shape index (κ2) is 8.43. The predicted octanol–water partition coefficient (Wildman–Crippen LogP) is 3.96. The van der Waals surface area contributed by atoms with Gasteiger partial charge in [0.25, 0.3) is 0 Å². The molecule has 0 spiro atoms. The number of carboxylic acid groups (broad SMARTS) is 1. The van der Waals surface area contributed by atoms with Crippen molar-refractivity contribution >= 4 is 31.1 Å². The molecule has 0 amide bonds. The van der Waals surface area contributed by atoms with E-state index in [1.54, 1.807) is 38.4 Å². The first-order valence-electron chi connectivity index (χ1n) is 10.2. The maximum absolute atomic E-state index is 14.6. The van der Waals surface area contributed by atoms with Crippen LogP contribution in [-0.2, 0) is 4.57 Å². The summed E-state index contributed by atoms with van der Waals surface area (Å²) in [6, 6.07) is 17.2. The number of nitrogens with zero attached hydrogens (tertiary/aromatic N) is 2. The van der Waals surface area contributed by atoms with Crippen LogP contribution in [-0.4, -0.2) is 43.9 Å². The van der Waals surface area contributed by atoms with E-state index < -0.39 is 13.5 Å². The Bertz CT molecular complexity index is 1410. The van der Waals surface area contributed by atoms with E-state index in [0.717, 1.165) is 10.9 Å². The zero-order chi connectivity index (χ0) is 23.9. The summed E-state index contributed by atoms with van der Waals surface area (Å²) >= 11 is 0. The molecule has 1 unspecified atom stereocenters.